The monoisotopic (exact) mass is 476 g/mol. The van der Waals surface area contributed by atoms with Crippen LogP contribution in [0.4, 0.5) is 0 Å². The summed E-state index contributed by atoms with van der Waals surface area (Å²) in [6.07, 6.45) is 0.191. The minimum atomic E-state index is -0.659. The third kappa shape index (κ3) is 7.01. The minimum absolute atomic E-state index is 0.0294. The van der Waals surface area contributed by atoms with Crippen LogP contribution in [0.2, 0.25) is 0 Å². The summed E-state index contributed by atoms with van der Waals surface area (Å²) in [6, 6.07) is 8.12. The molecule has 2 aromatic rings. The molecule has 0 unspecified atom stereocenters. The number of rotatable bonds is 12. The third-order valence-electron chi connectivity index (χ3n) is 5.94. The first-order chi connectivity index (χ1) is 15.9. The van der Waals surface area contributed by atoms with Gasteiger partial charge in [0.15, 0.2) is 0 Å². The van der Waals surface area contributed by atoms with Gasteiger partial charge < -0.3 is 24.2 Å². The summed E-state index contributed by atoms with van der Waals surface area (Å²) >= 11 is 1.74. The van der Waals surface area contributed by atoms with E-state index < -0.39 is 6.10 Å². The van der Waals surface area contributed by atoms with Crippen LogP contribution in [0.3, 0.4) is 0 Å². The lowest BCUT2D eigenvalue weighted by molar-refractivity contribution is -0.136. The van der Waals surface area contributed by atoms with Crippen LogP contribution in [0, 0.1) is 13.8 Å². The van der Waals surface area contributed by atoms with E-state index in [0.717, 1.165) is 17.7 Å². The number of benzene rings is 1. The van der Waals surface area contributed by atoms with Gasteiger partial charge in [0.1, 0.15) is 12.4 Å². The quantitative estimate of drug-likeness (QED) is 0.508. The lowest BCUT2D eigenvalue weighted by atomic mass is 10.00. The second-order valence-electron chi connectivity index (χ2n) is 8.57. The van der Waals surface area contributed by atoms with Crippen molar-refractivity contribution < 1.29 is 24.1 Å². The molecule has 0 spiro atoms. The van der Waals surface area contributed by atoms with Gasteiger partial charge in [-0.25, -0.2) is 0 Å². The Labute approximate surface area is 200 Å². The summed E-state index contributed by atoms with van der Waals surface area (Å²) in [6.45, 7) is 7.01. The van der Waals surface area contributed by atoms with Crippen molar-refractivity contribution in [1.82, 2.24) is 9.80 Å². The first-order valence-electron chi connectivity index (χ1n) is 11.4. The first kappa shape index (κ1) is 25.6. The van der Waals surface area contributed by atoms with Crippen molar-refractivity contribution in [2.24, 2.45) is 0 Å². The number of aryl methyl sites for hydroxylation is 2. The Morgan fingerprint density at radius 1 is 1.27 bits per heavy atom. The average molecular weight is 477 g/mol. The van der Waals surface area contributed by atoms with Crippen LogP contribution in [0.25, 0.3) is 0 Å². The molecule has 2 atom stereocenters. The van der Waals surface area contributed by atoms with Crippen molar-refractivity contribution in [2.45, 2.75) is 32.4 Å². The minimum Gasteiger partial charge on any atom is -0.491 e. The highest BCUT2D eigenvalue weighted by atomic mass is 32.1. The van der Waals surface area contributed by atoms with Crippen LogP contribution in [0.1, 0.15) is 27.6 Å². The summed E-state index contributed by atoms with van der Waals surface area (Å²) in [4.78, 5) is 18.6. The number of fused-ring (bicyclic) bond motifs is 1. The second-order valence-corrected chi connectivity index (χ2v) is 9.57. The summed E-state index contributed by atoms with van der Waals surface area (Å²) in [5.74, 6) is 0.876. The SMILES string of the molecule is COCCN(CC(=O)N1CCc2sccc2[C@@H]1COc1ccc(C)cc1C)C[C@@H](O)COC. The lowest BCUT2D eigenvalue weighted by Crippen LogP contribution is -2.48. The Balaban J connectivity index is 1.73. The molecule has 1 aliphatic heterocycles. The van der Waals surface area contributed by atoms with Gasteiger partial charge in [0, 0.05) is 38.7 Å². The number of ether oxygens (including phenoxy) is 3. The molecule has 0 bridgehead atoms. The van der Waals surface area contributed by atoms with Gasteiger partial charge in [0.2, 0.25) is 5.91 Å². The molecule has 8 heteroatoms. The number of hydrogen-bond donors (Lipinski definition) is 1. The van der Waals surface area contributed by atoms with E-state index in [1.54, 1.807) is 25.6 Å². The third-order valence-corrected chi connectivity index (χ3v) is 6.94. The molecule has 0 radical (unpaired) electrons. The van der Waals surface area contributed by atoms with E-state index >= 15 is 0 Å². The molecule has 1 aromatic carbocycles. The second kappa shape index (κ2) is 12.5. The maximum atomic E-state index is 13.5. The summed E-state index contributed by atoms with van der Waals surface area (Å²) in [5.41, 5.74) is 3.46. The highest BCUT2D eigenvalue weighted by molar-refractivity contribution is 7.10. The molecule has 1 aromatic heterocycles. The van der Waals surface area contributed by atoms with Gasteiger partial charge >= 0.3 is 0 Å². The van der Waals surface area contributed by atoms with Crippen LogP contribution >= 0.6 is 11.3 Å². The summed E-state index contributed by atoms with van der Waals surface area (Å²) < 4.78 is 16.5. The lowest BCUT2D eigenvalue weighted by Gasteiger charge is -2.37. The molecule has 1 N–H and O–H groups in total. The van der Waals surface area contributed by atoms with Crippen LogP contribution in [0.15, 0.2) is 29.6 Å². The van der Waals surface area contributed by atoms with E-state index in [4.69, 9.17) is 14.2 Å². The molecule has 2 heterocycles. The molecular formula is C25H36N2O5S. The fourth-order valence-corrected chi connectivity index (χ4v) is 5.21. The summed E-state index contributed by atoms with van der Waals surface area (Å²) in [5, 5.41) is 12.3. The van der Waals surface area contributed by atoms with Crippen molar-refractivity contribution in [3.63, 3.8) is 0 Å². The molecule has 0 aliphatic carbocycles. The van der Waals surface area contributed by atoms with Gasteiger partial charge in [0.05, 0.1) is 31.9 Å². The number of aliphatic hydroxyl groups excluding tert-OH is 1. The number of aliphatic hydroxyl groups is 1. The molecule has 1 amide bonds. The number of carbonyl (C=O) groups is 1. The Morgan fingerprint density at radius 3 is 2.82 bits per heavy atom. The van der Waals surface area contributed by atoms with Crippen molar-refractivity contribution in [2.75, 3.05) is 60.2 Å². The molecule has 182 valence electrons. The molecule has 0 saturated heterocycles. The highest BCUT2D eigenvalue weighted by Gasteiger charge is 2.33. The Bertz CT molecular complexity index is 903. The van der Waals surface area contributed by atoms with Gasteiger partial charge in [-0.2, -0.15) is 0 Å². The predicted octanol–water partition coefficient (Wildman–Crippen LogP) is 2.83. The van der Waals surface area contributed by atoms with Crippen LogP contribution in [-0.4, -0.2) is 87.1 Å². The molecule has 0 saturated carbocycles. The fourth-order valence-electron chi connectivity index (χ4n) is 4.29. The first-order valence-corrected chi connectivity index (χ1v) is 12.2. The Morgan fingerprint density at radius 2 is 2.09 bits per heavy atom. The number of thiophene rings is 1. The number of nitrogens with zero attached hydrogens (tertiary/aromatic N) is 2. The standard InChI is InChI=1S/C25H36N2O5S/c1-18-5-6-23(19(2)13-18)32-17-22-21-8-12-33-24(21)7-9-27(22)25(29)15-26(10-11-30-3)14-20(28)16-31-4/h5-6,8,12-13,20,22,28H,7,9-11,14-17H2,1-4H3/t20-,22+/m1/s1. The van der Waals surface area contributed by atoms with E-state index in [2.05, 4.69) is 24.4 Å². The van der Waals surface area contributed by atoms with E-state index in [-0.39, 0.29) is 25.1 Å². The zero-order valence-electron chi connectivity index (χ0n) is 20.1. The van der Waals surface area contributed by atoms with Crippen molar-refractivity contribution in [3.05, 3.63) is 51.2 Å². The summed E-state index contributed by atoms with van der Waals surface area (Å²) in [7, 11) is 3.19. The van der Waals surface area contributed by atoms with E-state index in [1.165, 1.54) is 16.0 Å². The Kier molecular flexibility index (Phi) is 9.70. The van der Waals surface area contributed by atoms with E-state index in [1.807, 2.05) is 28.9 Å². The fraction of sp³-hybridized carbons (Fsp3) is 0.560. The highest BCUT2D eigenvalue weighted by Crippen LogP contribution is 2.34. The maximum absolute atomic E-state index is 13.5. The molecule has 0 fully saturated rings. The van der Waals surface area contributed by atoms with Gasteiger partial charge in [0.25, 0.3) is 0 Å². The molecule has 3 rings (SSSR count). The smallest absolute Gasteiger partial charge is 0.237 e. The number of amides is 1. The molecule has 7 nitrogen and oxygen atoms in total. The predicted molar refractivity (Wildman–Crippen MR) is 130 cm³/mol. The van der Waals surface area contributed by atoms with Crippen molar-refractivity contribution in [1.29, 1.82) is 0 Å². The van der Waals surface area contributed by atoms with Crippen molar-refractivity contribution in [3.8, 4) is 5.75 Å². The van der Waals surface area contributed by atoms with Gasteiger partial charge in [-0.05, 0) is 48.9 Å². The maximum Gasteiger partial charge on any atom is 0.237 e. The van der Waals surface area contributed by atoms with Crippen LogP contribution in [-0.2, 0) is 20.7 Å². The van der Waals surface area contributed by atoms with Gasteiger partial charge in [-0.1, -0.05) is 17.7 Å². The molecular weight excluding hydrogens is 440 g/mol. The normalized spacial score (nSPS) is 16.7. The van der Waals surface area contributed by atoms with E-state index in [0.29, 0.717) is 32.8 Å². The average Bonchev–Trinajstić information content (AvgIpc) is 3.26. The van der Waals surface area contributed by atoms with Crippen molar-refractivity contribution >= 4 is 17.2 Å². The number of methoxy groups -OCH3 is 2. The Hall–Kier alpha value is -1.97. The van der Waals surface area contributed by atoms with Gasteiger partial charge in [-0.3, -0.25) is 9.69 Å². The molecule has 1 aliphatic rings. The van der Waals surface area contributed by atoms with Crippen LogP contribution in [0.5, 0.6) is 5.75 Å². The number of hydrogen-bond acceptors (Lipinski definition) is 7. The topological polar surface area (TPSA) is 71.5 Å². The van der Waals surface area contributed by atoms with Gasteiger partial charge in [-0.15, -0.1) is 11.3 Å². The largest absolute Gasteiger partial charge is 0.491 e. The zero-order chi connectivity index (χ0) is 23.8. The molecule has 33 heavy (non-hydrogen) atoms. The van der Waals surface area contributed by atoms with E-state index in [9.17, 15) is 9.90 Å². The van der Waals surface area contributed by atoms with Crippen LogP contribution < -0.4 is 4.74 Å². The zero-order valence-corrected chi connectivity index (χ0v) is 20.9. The number of carbonyl (C=O) groups excluding carboxylic acids is 1.